The van der Waals surface area contributed by atoms with E-state index in [1.54, 1.807) is 6.07 Å². The largest absolute Gasteiger partial charge is 0.242 e. The molecular formula is C13H10N2. The molecule has 1 aromatic carbocycles. The number of aryl methyl sites for hydroxylation is 1. The molecule has 2 aromatic rings. The summed E-state index contributed by atoms with van der Waals surface area (Å²) < 4.78 is 0. The quantitative estimate of drug-likeness (QED) is 0.699. The second kappa shape index (κ2) is 3.93. The fourth-order valence-corrected chi connectivity index (χ4v) is 1.55. The summed E-state index contributed by atoms with van der Waals surface area (Å²) in [6.07, 6.45) is 0. The van der Waals surface area contributed by atoms with E-state index in [1.165, 1.54) is 0 Å². The van der Waals surface area contributed by atoms with Gasteiger partial charge in [-0.15, -0.1) is 0 Å². The number of hydrogen-bond acceptors (Lipinski definition) is 2. The summed E-state index contributed by atoms with van der Waals surface area (Å²) in [4.78, 5) is 4.21. The van der Waals surface area contributed by atoms with Crippen molar-refractivity contribution in [3.05, 3.63) is 53.9 Å². The molecule has 0 saturated carbocycles. The number of nitriles is 1. The van der Waals surface area contributed by atoms with Crippen molar-refractivity contribution in [3.8, 4) is 17.2 Å². The van der Waals surface area contributed by atoms with Crippen LogP contribution in [0.25, 0.3) is 11.1 Å². The summed E-state index contributed by atoms with van der Waals surface area (Å²) in [6.45, 7) is 1.92. The Morgan fingerprint density at radius 3 is 2.40 bits per heavy atom. The van der Waals surface area contributed by atoms with E-state index in [9.17, 15) is 0 Å². The van der Waals surface area contributed by atoms with Crippen LogP contribution in [0.5, 0.6) is 0 Å². The Morgan fingerprint density at radius 2 is 1.80 bits per heavy atom. The summed E-state index contributed by atoms with van der Waals surface area (Å²) in [6, 6.07) is 15.8. The molecule has 15 heavy (non-hydrogen) atoms. The lowest BCUT2D eigenvalue weighted by molar-refractivity contribution is 1.17. The van der Waals surface area contributed by atoms with Crippen LogP contribution in [0, 0.1) is 18.3 Å². The van der Waals surface area contributed by atoms with E-state index in [0.717, 1.165) is 16.8 Å². The van der Waals surface area contributed by atoms with Crippen LogP contribution in [0.4, 0.5) is 0 Å². The average molecular weight is 194 g/mol. The lowest BCUT2D eigenvalue weighted by atomic mass is 10.0. The highest BCUT2D eigenvalue weighted by atomic mass is 14.7. The second-order valence-corrected chi connectivity index (χ2v) is 3.31. The van der Waals surface area contributed by atoms with E-state index in [2.05, 4.69) is 4.98 Å². The van der Waals surface area contributed by atoms with Gasteiger partial charge in [-0.05, 0) is 24.6 Å². The molecule has 0 amide bonds. The lowest BCUT2D eigenvalue weighted by Crippen LogP contribution is -1.90. The molecule has 0 saturated heterocycles. The van der Waals surface area contributed by atoms with Crippen molar-refractivity contribution in [1.29, 1.82) is 5.26 Å². The maximum Gasteiger partial charge on any atom is 0.140 e. The molecule has 2 heteroatoms. The zero-order valence-electron chi connectivity index (χ0n) is 8.44. The molecule has 0 radical (unpaired) electrons. The molecular weight excluding hydrogens is 184 g/mol. The third kappa shape index (κ3) is 1.87. The number of benzene rings is 1. The SMILES string of the molecule is Cc1nc(C#N)ccc1-c1ccccc1. The monoisotopic (exact) mass is 194 g/mol. The van der Waals surface area contributed by atoms with E-state index in [-0.39, 0.29) is 0 Å². The van der Waals surface area contributed by atoms with Crippen molar-refractivity contribution in [2.45, 2.75) is 6.92 Å². The molecule has 0 atom stereocenters. The number of aromatic nitrogens is 1. The average Bonchev–Trinajstić information content (AvgIpc) is 2.30. The van der Waals surface area contributed by atoms with Gasteiger partial charge in [-0.2, -0.15) is 5.26 Å². The number of rotatable bonds is 1. The topological polar surface area (TPSA) is 36.7 Å². The Bertz CT molecular complexity index is 510. The zero-order chi connectivity index (χ0) is 10.7. The summed E-state index contributed by atoms with van der Waals surface area (Å²) in [5.41, 5.74) is 3.56. The Balaban J connectivity index is 2.52. The molecule has 2 nitrogen and oxygen atoms in total. The predicted octanol–water partition coefficient (Wildman–Crippen LogP) is 2.93. The normalized spacial score (nSPS) is 9.60. The molecule has 2 rings (SSSR count). The molecule has 72 valence electrons. The first-order valence-corrected chi connectivity index (χ1v) is 4.74. The van der Waals surface area contributed by atoms with Gasteiger partial charge >= 0.3 is 0 Å². The summed E-state index contributed by atoms with van der Waals surface area (Å²) in [5, 5.41) is 8.71. The maximum absolute atomic E-state index is 8.71. The molecule has 0 fully saturated rings. The van der Waals surface area contributed by atoms with Gasteiger partial charge in [0.2, 0.25) is 0 Å². The first-order valence-electron chi connectivity index (χ1n) is 4.74. The van der Waals surface area contributed by atoms with Crippen molar-refractivity contribution < 1.29 is 0 Å². The van der Waals surface area contributed by atoms with E-state index in [4.69, 9.17) is 5.26 Å². The first kappa shape index (κ1) is 9.42. The van der Waals surface area contributed by atoms with Gasteiger partial charge < -0.3 is 0 Å². The Hall–Kier alpha value is -2.14. The number of pyridine rings is 1. The highest BCUT2D eigenvalue weighted by Crippen LogP contribution is 2.21. The summed E-state index contributed by atoms with van der Waals surface area (Å²) in [7, 11) is 0. The third-order valence-electron chi connectivity index (χ3n) is 2.29. The van der Waals surface area contributed by atoms with Gasteiger partial charge in [-0.1, -0.05) is 30.3 Å². The third-order valence-corrected chi connectivity index (χ3v) is 2.29. The van der Waals surface area contributed by atoms with Gasteiger partial charge in [0.1, 0.15) is 11.8 Å². The predicted molar refractivity (Wildman–Crippen MR) is 59.1 cm³/mol. The molecule has 1 heterocycles. The second-order valence-electron chi connectivity index (χ2n) is 3.31. The highest BCUT2D eigenvalue weighted by Gasteiger charge is 2.02. The minimum absolute atomic E-state index is 0.465. The van der Waals surface area contributed by atoms with Gasteiger partial charge in [0.25, 0.3) is 0 Å². The van der Waals surface area contributed by atoms with Gasteiger partial charge in [0, 0.05) is 11.3 Å². The van der Waals surface area contributed by atoms with Gasteiger partial charge in [-0.25, -0.2) is 4.98 Å². The Kier molecular flexibility index (Phi) is 2.47. The lowest BCUT2D eigenvalue weighted by Gasteiger charge is -2.04. The molecule has 0 bridgehead atoms. The summed E-state index contributed by atoms with van der Waals surface area (Å²) in [5.74, 6) is 0. The molecule has 0 N–H and O–H groups in total. The molecule has 1 aromatic heterocycles. The first-order chi connectivity index (χ1) is 7.31. The molecule has 0 unspecified atom stereocenters. The van der Waals surface area contributed by atoms with Crippen LogP contribution in [0.15, 0.2) is 42.5 Å². The van der Waals surface area contributed by atoms with Crippen LogP contribution < -0.4 is 0 Å². The molecule has 0 aliphatic rings. The van der Waals surface area contributed by atoms with E-state index < -0.39 is 0 Å². The van der Waals surface area contributed by atoms with Crippen LogP contribution in [0.1, 0.15) is 11.4 Å². The standard InChI is InChI=1S/C13H10N2/c1-10-13(8-7-12(9-14)15-10)11-5-3-2-4-6-11/h2-8H,1H3. The van der Waals surface area contributed by atoms with Crippen molar-refractivity contribution in [1.82, 2.24) is 4.98 Å². The maximum atomic E-state index is 8.71. The van der Waals surface area contributed by atoms with Gasteiger partial charge in [0.15, 0.2) is 0 Å². The molecule has 0 aliphatic carbocycles. The minimum Gasteiger partial charge on any atom is -0.242 e. The van der Waals surface area contributed by atoms with Crippen molar-refractivity contribution >= 4 is 0 Å². The van der Waals surface area contributed by atoms with E-state index in [1.807, 2.05) is 49.4 Å². The van der Waals surface area contributed by atoms with Crippen molar-refractivity contribution in [2.75, 3.05) is 0 Å². The fourth-order valence-electron chi connectivity index (χ4n) is 1.55. The van der Waals surface area contributed by atoms with Crippen molar-refractivity contribution in [2.24, 2.45) is 0 Å². The molecule has 0 spiro atoms. The van der Waals surface area contributed by atoms with Crippen LogP contribution >= 0.6 is 0 Å². The van der Waals surface area contributed by atoms with Crippen LogP contribution in [-0.4, -0.2) is 4.98 Å². The minimum atomic E-state index is 0.465. The zero-order valence-corrected chi connectivity index (χ0v) is 8.44. The van der Waals surface area contributed by atoms with E-state index >= 15 is 0 Å². The highest BCUT2D eigenvalue weighted by molar-refractivity contribution is 5.65. The van der Waals surface area contributed by atoms with Crippen molar-refractivity contribution in [3.63, 3.8) is 0 Å². The van der Waals surface area contributed by atoms with Crippen LogP contribution in [0.2, 0.25) is 0 Å². The van der Waals surface area contributed by atoms with Gasteiger partial charge in [0.05, 0.1) is 0 Å². The Morgan fingerprint density at radius 1 is 1.07 bits per heavy atom. The van der Waals surface area contributed by atoms with Crippen LogP contribution in [-0.2, 0) is 0 Å². The molecule has 0 aliphatic heterocycles. The Labute approximate surface area is 88.8 Å². The van der Waals surface area contributed by atoms with Crippen LogP contribution in [0.3, 0.4) is 0 Å². The smallest absolute Gasteiger partial charge is 0.140 e. The number of hydrogen-bond donors (Lipinski definition) is 0. The van der Waals surface area contributed by atoms with Gasteiger partial charge in [-0.3, -0.25) is 0 Å². The summed E-state index contributed by atoms with van der Waals surface area (Å²) >= 11 is 0. The van der Waals surface area contributed by atoms with E-state index in [0.29, 0.717) is 5.69 Å². The fraction of sp³-hybridized carbons (Fsp3) is 0.0769. The number of nitrogens with zero attached hydrogens (tertiary/aromatic N) is 2.